The third-order valence-electron chi connectivity index (χ3n) is 4.96. The SMILES string of the molecule is COc1cc(CCC(=O)N(Cc2nc3ccccc3c(=O)[nH]2)C(C)C)cc(OC)c1. The summed E-state index contributed by atoms with van der Waals surface area (Å²) in [4.78, 5) is 34.3. The first-order valence-corrected chi connectivity index (χ1v) is 9.90. The Morgan fingerprint density at radius 2 is 1.77 bits per heavy atom. The summed E-state index contributed by atoms with van der Waals surface area (Å²) in [6.07, 6.45) is 0.879. The third kappa shape index (κ3) is 4.97. The topological polar surface area (TPSA) is 84.5 Å². The number of aromatic nitrogens is 2. The van der Waals surface area contributed by atoms with Crippen LogP contribution in [-0.4, -0.2) is 41.0 Å². The molecule has 0 aliphatic heterocycles. The summed E-state index contributed by atoms with van der Waals surface area (Å²) in [6, 6.07) is 12.7. The van der Waals surface area contributed by atoms with E-state index in [0.717, 1.165) is 5.56 Å². The maximum absolute atomic E-state index is 13.0. The minimum absolute atomic E-state index is 0.0115. The summed E-state index contributed by atoms with van der Waals surface area (Å²) >= 11 is 0. The van der Waals surface area contributed by atoms with Crippen molar-refractivity contribution in [1.29, 1.82) is 0 Å². The molecule has 158 valence electrons. The molecule has 7 nitrogen and oxygen atoms in total. The fraction of sp³-hybridized carbons (Fsp3) is 0.348. The summed E-state index contributed by atoms with van der Waals surface area (Å²) in [5.74, 6) is 1.84. The van der Waals surface area contributed by atoms with Crippen LogP contribution in [-0.2, 0) is 17.8 Å². The molecule has 7 heteroatoms. The van der Waals surface area contributed by atoms with Crippen LogP contribution in [0.1, 0.15) is 31.7 Å². The van der Waals surface area contributed by atoms with Crippen LogP contribution in [0, 0.1) is 0 Å². The molecule has 0 fully saturated rings. The number of benzene rings is 2. The van der Waals surface area contributed by atoms with Crippen molar-refractivity contribution < 1.29 is 14.3 Å². The van der Waals surface area contributed by atoms with Gasteiger partial charge in [-0.25, -0.2) is 4.98 Å². The lowest BCUT2D eigenvalue weighted by molar-refractivity contribution is -0.133. The quantitative estimate of drug-likeness (QED) is 0.617. The largest absolute Gasteiger partial charge is 0.497 e. The molecule has 0 radical (unpaired) electrons. The van der Waals surface area contributed by atoms with E-state index in [4.69, 9.17) is 9.47 Å². The van der Waals surface area contributed by atoms with Gasteiger partial charge in [0.1, 0.15) is 17.3 Å². The van der Waals surface area contributed by atoms with Crippen molar-refractivity contribution in [2.75, 3.05) is 14.2 Å². The first kappa shape index (κ1) is 21.4. The molecule has 1 aromatic heterocycles. The van der Waals surface area contributed by atoms with Gasteiger partial charge in [0, 0.05) is 18.5 Å². The molecule has 1 N–H and O–H groups in total. The fourth-order valence-corrected chi connectivity index (χ4v) is 3.34. The van der Waals surface area contributed by atoms with Crippen molar-refractivity contribution in [3.05, 3.63) is 64.2 Å². The Bertz CT molecular complexity index is 1070. The van der Waals surface area contributed by atoms with Crippen molar-refractivity contribution in [3.63, 3.8) is 0 Å². The highest BCUT2D eigenvalue weighted by Crippen LogP contribution is 2.23. The molecule has 2 aromatic carbocycles. The number of nitrogens with zero attached hydrogens (tertiary/aromatic N) is 2. The zero-order valence-corrected chi connectivity index (χ0v) is 17.8. The highest BCUT2D eigenvalue weighted by molar-refractivity contribution is 5.78. The molecule has 0 spiro atoms. The van der Waals surface area contributed by atoms with Crippen molar-refractivity contribution in [3.8, 4) is 11.5 Å². The van der Waals surface area contributed by atoms with E-state index in [9.17, 15) is 9.59 Å². The number of para-hydroxylation sites is 1. The van der Waals surface area contributed by atoms with Gasteiger partial charge in [0.25, 0.3) is 5.56 Å². The lowest BCUT2D eigenvalue weighted by atomic mass is 10.1. The average Bonchev–Trinajstić information content (AvgIpc) is 2.75. The van der Waals surface area contributed by atoms with Crippen molar-refractivity contribution in [1.82, 2.24) is 14.9 Å². The average molecular weight is 409 g/mol. The number of aromatic amines is 1. The Hall–Kier alpha value is -3.35. The first-order valence-electron chi connectivity index (χ1n) is 9.90. The molecule has 0 aliphatic carbocycles. The molecule has 3 aromatic rings. The molecular weight excluding hydrogens is 382 g/mol. The second-order valence-corrected chi connectivity index (χ2v) is 7.37. The van der Waals surface area contributed by atoms with Gasteiger partial charge in [-0.3, -0.25) is 9.59 Å². The number of amides is 1. The van der Waals surface area contributed by atoms with Crippen molar-refractivity contribution in [2.45, 2.75) is 39.3 Å². The van der Waals surface area contributed by atoms with Crippen LogP contribution in [0.3, 0.4) is 0 Å². The first-order chi connectivity index (χ1) is 14.4. The molecule has 1 amide bonds. The van der Waals surface area contributed by atoms with Gasteiger partial charge < -0.3 is 19.4 Å². The number of hydrogen-bond acceptors (Lipinski definition) is 5. The Morgan fingerprint density at radius 3 is 2.40 bits per heavy atom. The van der Waals surface area contributed by atoms with Crippen LogP contribution < -0.4 is 15.0 Å². The van der Waals surface area contributed by atoms with Crippen LogP contribution >= 0.6 is 0 Å². The van der Waals surface area contributed by atoms with Gasteiger partial charge in [-0.1, -0.05) is 12.1 Å². The lowest BCUT2D eigenvalue weighted by Crippen LogP contribution is -2.37. The molecule has 0 saturated heterocycles. The zero-order chi connectivity index (χ0) is 21.7. The smallest absolute Gasteiger partial charge is 0.258 e. The van der Waals surface area contributed by atoms with E-state index >= 15 is 0 Å². The van der Waals surface area contributed by atoms with Gasteiger partial charge in [-0.05, 0) is 50.1 Å². The Kier molecular flexibility index (Phi) is 6.72. The molecule has 0 unspecified atom stereocenters. The summed E-state index contributed by atoms with van der Waals surface area (Å²) in [7, 11) is 3.20. The van der Waals surface area contributed by atoms with Crippen molar-refractivity contribution in [2.24, 2.45) is 0 Å². The van der Waals surface area contributed by atoms with Gasteiger partial charge in [0.15, 0.2) is 0 Å². The van der Waals surface area contributed by atoms with E-state index in [1.165, 1.54) is 0 Å². The second kappa shape index (κ2) is 9.43. The second-order valence-electron chi connectivity index (χ2n) is 7.37. The predicted molar refractivity (Wildman–Crippen MR) is 116 cm³/mol. The molecule has 0 saturated carbocycles. The summed E-state index contributed by atoms with van der Waals surface area (Å²) in [5, 5.41) is 0.538. The minimum atomic E-state index is -0.199. The number of carbonyl (C=O) groups excluding carboxylic acids is 1. The normalized spacial score (nSPS) is 11.0. The van der Waals surface area contributed by atoms with Crippen molar-refractivity contribution >= 4 is 16.8 Å². The molecule has 0 aliphatic rings. The Morgan fingerprint density at radius 1 is 1.10 bits per heavy atom. The molecule has 3 rings (SSSR count). The number of hydrogen-bond donors (Lipinski definition) is 1. The van der Waals surface area contributed by atoms with E-state index in [2.05, 4.69) is 9.97 Å². The van der Waals surface area contributed by atoms with E-state index < -0.39 is 0 Å². The number of carbonyl (C=O) groups is 1. The maximum Gasteiger partial charge on any atom is 0.258 e. The van der Waals surface area contributed by atoms with E-state index in [1.807, 2.05) is 32.0 Å². The number of aryl methyl sites for hydroxylation is 1. The van der Waals surface area contributed by atoms with E-state index in [-0.39, 0.29) is 24.1 Å². The van der Waals surface area contributed by atoms with Crippen LogP contribution in [0.2, 0.25) is 0 Å². The van der Waals surface area contributed by atoms with Crippen LogP contribution in [0.15, 0.2) is 47.3 Å². The Balaban J connectivity index is 1.75. The van der Waals surface area contributed by atoms with Crippen LogP contribution in [0.25, 0.3) is 10.9 Å². The minimum Gasteiger partial charge on any atom is -0.497 e. The molecule has 1 heterocycles. The maximum atomic E-state index is 13.0. The summed E-state index contributed by atoms with van der Waals surface area (Å²) < 4.78 is 10.6. The number of H-pyrrole nitrogens is 1. The Labute approximate surface area is 175 Å². The predicted octanol–water partition coefficient (Wildman–Crippen LogP) is 3.31. The lowest BCUT2D eigenvalue weighted by Gasteiger charge is -2.26. The fourth-order valence-electron chi connectivity index (χ4n) is 3.34. The van der Waals surface area contributed by atoms with E-state index in [1.54, 1.807) is 43.4 Å². The number of rotatable bonds is 8. The summed E-state index contributed by atoms with van der Waals surface area (Å²) in [6.45, 7) is 4.15. The molecule has 30 heavy (non-hydrogen) atoms. The summed E-state index contributed by atoms with van der Waals surface area (Å²) in [5.41, 5.74) is 1.38. The number of fused-ring (bicyclic) bond motifs is 1. The molecular formula is C23H27N3O4. The van der Waals surface area contributed by atoms with Gasteiger partial charge >= 0.3 is 0 Å². The zero-order valence-electron chi connectivity index (χ0n) is 17.8. The molecule has 0 atom stereocenters. The van der Waals surface area contributed by atoms with Crippen LogP contribution in [0.5, 0.6) is 11.5 Å². The number of nitrogens with one attached hydrogen (secondary N) is 1. The third-order valence-corrected chi connectivity index (χ3v) is 4.96. The van der Waals surface area contributed by atoms with E-state index in [0.29, 0.717) is 41.1 Å². The number of methoxy groups -OCH3 is 2. The monoisotopic (exact) mass is 409 g/mol. The highest BCUT2D eigenvalue weighted by atomic mass is 16.5. The van der Waals surface area contributed by atoms with Gasteiger partial charge in [-0.15, -0.1) is 0 Å². The standard InChI is InChI=1S/C23H27N3O4/c1-15(2)26(14-21-24-20-8-6-5-7-19(20)23(28)25-21)22(27)10-9-16-11-17(29-3)13-18(12-16)30-4/h5-8,11-13,15H,9-10,14H2,1-4H3,(H,24,25,28). The number of ether oxygens (including phenoxy) is 2. The van der Waals surface area contributed by atoms with Gasteiger partial charge in [0.2, 0.25) is 5.91 Å². The van der Waals surface area contributed by atoms with Crippen LogP contribution in [0.4, 0.5) is 0 Å². The van der Waals surface area contributed by atoms with Gasteiger partial charge in [-0.2, -0.15) is 0 Å². The highest BCUT2D eigenvalue weighted by Gasteiger charge is 2.19. The van der Waals surface area contributed by atoms with Gasteiger partial charge in [0.05, 0.1) is 31.7 Å². The molecule has 0 bridgehead atoms.